The first kappa shape index (κ1) is 40.4. The zero-order valence-electron chi connectivity index (χ0n) is 36.1. The summed E-state index contributed by atoms with van der Waals surface area (Å²) in [6.07, 6.45) is 15.7. The number of rotatable bonds is 10. The average molecular weight is 803 g/mol. The van der Waals surface area contributed by atoms with Gasteiger partial charge in [0.2, 0.25) is 0 Å². The maximum absolute atomic E-state index is 7.23. The van der Waals surface area contributed by atoms with Crippen molar-refractivity contribution < 1.29 is 4.74 Å². The molecule has 0 amide bonds. The molecule has 4 saturated carbocycles. The van der Waals surface area contributed by atoms with Gasteiger partial charge in [-0.3, -0.25) is 0 Å². The van der Waals surface area contributed by atoms with Crippen molar-refractivity contribution in [2.24, 2.45) is 23.7 Å². The molecule has 0 aromatic heterocycles. The fraction of sp³-hybridized carbons (Fsp3) is 0.400. The Labute approximate surface area is 367 Å². The fourth-order valence-corrected chi connectivity index (χ4v) is 13.8. The van der Waals surface area contributed by atoms with Crippen molar-refractivity contribution in [3.63, 3.8) is 0 Å². The molecule has 1 heteroatoms. The Morgan fingerprint density at radius 2 is 0.492 bits per heavy atom. The summed E-state index contributed by atoms with van der Waals surface area (Å²) in [4.78, 5) is 0. The monoisotopic (exact) mass is 803 g/mol. The molecule has 4 fully saturated rings. The van der Waals surface area contributed by atoms with Crippen LogP contribution in [0.15, 0.2) is 182 Å². The zero-order chi connectivity index (χ0) is 40.8. The van der Waals surface area contributed by atoms with E-state index in [-0.39, 0.29) is 0 Å². The zero-order valence-corrected chi connectivity index (χ0v) is 36.1. The molecule has 0 bridgehead atoms. The molecule has 61 heavy (non-hydrogen) atoms. The summed E-state index contributed by atoms with van der Waals surface area (Å²) in [5.74, 6) is 5.94. The molecule has 0 aliphatic heterocycles. The Morgan fingerprint density at radius 1 is 0.246 bits per heavy atom. The van der Waals surface area contributed by atoms with E-state index in [4.69, 9.17) is 4.74 Å². The van der Waals surface area contributed by atoms with Gasteiger partial charge in [0, 0.05) is 0 Å². The molecule has 10 rings (SSSR count). The largest absolute Gasteiger partial charge is 0.375 e. The van der Waals surface area contributed by atoms with Crippen LogP contribution >= 0.6 is 0 Å². The number of hydrogen-bond acceptors (Lipinski definition) is 1. The number of hydrogen-bond donors (Lipinski definition) is 0. The molecule has 4 aliphatic carbocycles. The minimum atomic E-state index is 0.392. The second-order valence-electron chi connectivity index (χ2n) is 19.5. The molecule has 8 atom stereocenters. The first-order chi connectivity index (χ1) is 30.3. The SMILES string of the molecule is c1ccc(C2CCC(c3ccccc3)C(C3CCC(OC4CCC(C5C(c6ccccc6)CCC(c6ccccc6)C5c5ccccc5)CC4)CC3)C2c2ccccc2)cc1. The number of benzene rings is 6. The Morgan fingerprint density at radius 3 is 0.787 bits per heavy atom. The van der Waals surface area contributed by atoms with Gasteiger partial charge in [-0.2, -0.15) is 0 Å². The lowest BCUT2D eigenvalue weighted by atomic mass is 9.55. The standard InChI is InChI=1S/C60H66O/c1-7-19-43(20-8-1)53-39-41-55(45-23-11-3-12-24-45)59(57(53)47-27-15-5-16-28-47)49-31-35-51(36-32-49)61-52-37-33-50(34-38-52)60-56(46-25-13-4-14-26-46)42-40-54(44-21-9-2-10-22-44)58(60)48-29-17-6-18-30-48/h1-30,49-60H,31-42H2. The van der Waals surface area contributed by atoms with E-state index in [0.29, 0.717) is 71.4 Å². The van der Waals surface area contributed by atoms with Crippen LogP contribution in [-0.4, -0.2) is 12.2 Å². The molecule has 0 N–H and O–H groups in total. The van der Waals surface area contributed by atoms with E-state index < -0.39 is 0 Å². The summed E-state index contributed by atoms with van der Waals surface area (Å²) in [5, 5.41) is 0. The normalized spacial score (nSPS) is 31.9. The smallest absolute Gasteiger partial charge is 0.0579 e. The van der Waals surface area contributed by atoms with Crippen molar-refractivity contribution in [1.82, 2.24) is 0 Å². The van der Waals surface area contributed by atoms with Crippen LogP contribution in [0.3, 0.4) is 0 Å². The first-order valence-corrected chi connectivity index (χ1v) is 24.2. The molecule has 0 saturated heterocycles. The van der Waals surface area contributed by atoms with Crippen molar-refractivity contribution in [2.45, 2.75) is 125 Å². The molecular formula is C60H66O. The van der Waals surface area contributed by atoms with E-state index in [0.717, 1.165) is 0 Å². The van der Waals surface area contributed by atoms with Crippen LogP contribution in [0, 0.1) is 23.7 Å². The summed E-state index contributed by atoms with van der Waals surface area (Å²) in [6.45, 7) is 0. The summed E-state index contributed by atoms with van der Waals surface area (Å²) in [5.41, 5.74) is 9.21. The van der Waals surface area contributed by atoms with E-state index in [1.165, 1.54) is 99.3 Å². The van der Waals surface area contributed by atoms with Crippen molar-refractivity contribution >= 4 is 0 Å². The molecule has 6 aromatic carbocycles. The van der Waals surface area contributed by atoms with Crippen LogP contribution in [-0.2, 0) is 4.74 Å². The van der Waals surface area contributed by atoms with Crippen molar-refractivity contribution in [1.29, 1.82) is 0 Å². The number of ether oxygens (including phenoxy) is 1. The second-order valence-corrected chi connectivity index (χ2v) is 19.5. The van der Waals surface area contributed by atoms with Crippen molar-refractivity contribution in [2.75, 3.05) is 0 Å². The molecular weight excluding hydrogens is 737 g/mol. The minimum absolute atomic E-state index is 0.392. The van der Waals surface area contributed by atoms with Crippen LogP contribution in [0.2, 0.25) is 0 Å². The lowest BCUT2D eigenvalue weighted by Crippen LogP contribution is -2.40. The summed E-state index contributed by atoms with van der Waals surface area (Å²) in [7, 11) is 0. The fourth-order valence-electron chi connectivity index (χ4n) is 13.8. The topological polar surface area (TPSA) is 9.23 Å². The Bertz CT molecular complexity index is 2030. The first-order valence-electron chi connectivity index (χ1n) is 24.2. The summed E-state index contributed by atoms with van der Waals surface area (Å²) >= 11 is 0. The highest BCUT2D eigenvalue weighted by Gasteiger charge is 2.48. The average Bonchev–Trinajstić information content (AvgIpc) is 3.35. The van der Waals surface area contributed by atoms with Crippen LogP contribution in [0.4, 0.5) is 0 Å². The van der Waals surface area contributed by atoms with E-state index in [1.807, 2.05) is 0 Å². The van der Waals surface area contributed by atoms with Crippen LogP contribution < -0.4 is 0 Å². The van der Waals surface area contributed by atoms with E-state index in [1.54, 1.807) is 11.1 Å². The maximum atomic E-state index is 7.23. The van der Waals surface area contributed by atoms with Gasteiger partial charge in [0.05, 0.1) is 12.2 Å². The van der Waals surface area contributed by atoms with Gasteiger partial charge in [0.15, 0.2) is 0 Å². The highest BCUT2D eigenvalue weighted by Crippen LogP contribution is 2.59. The highest BCUT2D eigenvalue weighted by atomic mass is 16.5. The van der Waals surface area contributed by atoms with E-state index in [9.17, 15) is 0 Å². The third kappa shape index (κ3) is 8.83. The van der Waals surface area contributed by atoms with E-state index >= 15 is 0 Å². The Kier molecular flexibility index (Phi) is 12.7. The highest BCUT2D eigenvalue weighted by molar-refractivity contribution is 5.36. The van der Waals surface area contributed by atoms with Gasteiger partial charge >= 0.3 is 0 Å². The molecule has 1 nitrogen and oxygen atoms in total. The van der Waals surface area contributed by atoms with Crippen molar-refractivity contribution in [3.8, 4) is 0 Å². The van der Waals surface area contributed by atoms with Crippen LogP contribution in [0.5, 0.6) is 0 Å². The van der Waals surface area contributed by atoms with Gasteiger partial charge in [0.1, 0.15) is 0 Å². The molecule has 0 heterocycles. The van der Waals surface area contributed by atoms with Crippen molar-refractivity contribution in [3.05, 3.63) is 215 Å². The quantitative estimate of drug-likeness (QED) is 0.134. The van der Waals surface area contributed by atoms with Crippen LogP contribution in [0.1, 0.15) is 146 Å². The molecule has 8 unspecified atom stereocenters. The second kappa shape index (κ2) is 19.1. The third-order valence-corrected chi connectivity index (χ3v) is 16.4. The van der Waals surface area contributed by atoms with Gasteiger partial charge < -0.3 is 4.74 Å². The predicted molar refractivity (Wildman–Crippen MR) is 253 cm³/mol. The minimum Gasteiger partial charge on any atom is -0.375 e. The summed E-state index contributed by atoms with van der Waals surface area (Å²) in [6, 6.07) is 69.4. The van der Waals surface area contributed by atoms with Gasteiger partial charge in [0.25, 0.3) is 0 Å². The summed E-state index contributed by atoms with van der Waals surface area (Å²) < 4.78 is 7.23. The third-order valence-electron chi connectivity index (χ3n) is 16.4. The Hall–Kier alpha value is -4.72. The van der Waals surface area contributed by atoms with E-state index in [2.05, 4.69) is 182 Å². The Balaban J connectivity index is 0.855. The molecule has 0 radical (unpaired) electrons. The maximum Gasteiger partial charge on any atom is 0.0579 e. The lowest BCUT2D eigenvalue weighted by Gasteiger charge is -2.50. The van der Waals surface area contributed by atoms with Gasteiger partial charge in [-0.15, -0.1) is 0 Å². The molecule has 4 aliphatic rings. The molecule has 312 valence electrons. The molecule has 6 aromatic rings. The van der Waals surface area contributed by atoms with Gasteiger partial charge in [-0.25, -0.2) is 0 Å². The lowest BCUT2D eigenvalue weighted by molar-refractivity contribution is -0.0676. The molecule has 0 spiro atoms. The predicted octanol–water partition coefficient (Wildman–Crippen LogP) is 15.6. The van der Waals surface area contributed by atoms with Gasteiger partial charge in [-0.1, -0.05) is 182 Å². The van der Waals surface area contributed by atoms with Gasteiger partial charge in [-0.05, 0) is 170 Å². The van der Waals surface area contributed by atoms with Crippen LogP contribution in [0.25, 0.3) is 0 Å².